The minimum atomic E-state index is -0.495. The lowest BCUT2D eigenvalue weighted by molar-refractivity contribution is -0.112. The molecule has 0 saturated carbocycles. The van der Waals surface area contributed by atoms with Crippen LogP contribution >= 0.6 is 23.1 Å². The van der Waals surface area contributed by atoms with Crippen LogP contribution < -0.4 is 4.74 Å². The largest absolute Gasteiger partial charge is 0.460 e. The Kier molecular flexibility index (Phi) is 4.72. The van der Waals surface area contributed by atoms with E-state index in [0.29, 0.717) is 18.1 Å². The van der Waals surface area contributed by atoms with Crippen molar-refractivity contribution in [3.05, 3.63) is 82.7 Å². The predicted octanol–water partition coefficient (Wildman–Crippen LogP) is 5.73. The first-order chi connectivity index (χ1) is 13.8. The summed E-state index contributed by atoms with van der Waals surface area (Å²) in [4.78, 5) is 9.62. The van der Waals surface area contributed by atoms with Gasteiger partial charge in [0.1, 0.15) is 27.8 Å². The number of aromatic nitrogens is 2. The average Bonchev–Trinajstić information content (AvgIpc) is 3.22. The van der Waals surface area contributed by atoms with Gasteiger partial charge in [-0.15, -0.1) is 23.1 Å². The standard InChI is InChI=1S/C21H15FN2O2S2/c22-16-8-14-10-25-21(13-4-2-1-3-5-13)26-18(14)15(9-16)11-28-20-17-6-7-27-19(17)23-12-24-20/h1-9,12,21H,10-11H2/t21-/m1/s1. The molecule has 5 rings (SSSR count). The van der Waals surface area contributed by atoms with Crippen LogP contribution in [0.2, 0.25) is 0 Å². The summed E-state index contributed by atoms with van der Waals surface area (Å²) in [5.74, 6) is 0.955. The number of thiophene rings is 1. The Morgan fingerprint density at radius 3 is 2.93 bits per heavy atom. The number of thioether (sulfide) groups is 1. The molecule has 0 aliphatic carbocycles. The molecule has 0 spiro atoms. The molecule has 1 aliphatic heterocycles. The van der Waals surface area contributed by atoms with E-state index in [1.807, 2.05) is 41.8 Å². The molecule has 3 heterocycles. The summed E-state index contributed by atoms with van der Waals surface area (Å²) in [5, 5.41) is 3.91. The van der Waals surface area contributed by atoms with Gasteiger partial charge in [-0.3, -0.25) is 0 Å². The minimum Gasteiger partial charge on any atom is -0.460 e. The Labute approximate surface area is 169 Å². The number of rotatable bonds is 4. The van der Waals surface area contributed by atoms with Crippen molar-refractivity contribution in [2.75, 3.05) is 0 Å². The zero-order valence-electron chi connectivity index (χ0n) is 14.7. The third-order valence-electron chi connectivity index (χ3n) is 4.48. The molecule has 2 aromatic carbocycles. The number of nitrogens with zero attached hydrogens (tertiary/aromatic N) is 2. The third kappa shape index (κ3) is 3.37. The summed E-state index contributed by atoms with van der Waals surface area (Å²) in [5.41, 5.74) is 2.46. The Hall–Kier alpha value is -2.48. The lowest BCUT2D eigenvalue weighted by atomic mass is 10.1. The summed E-state index contributed by atoms with van der Waals surface area (Å²) in [7, 11) is 0. The highest BCUT2D eigenvalue weighted by molar-refractivity contribution is 7.98. The second-order valence-corrected chi connectivity index (χ2v) is 8.19. The van der Waals surface area contributed by atoms with E-state index in [1.165, 1.54) is 12.1 Å². The normalized spacial score (nSPS) is 16.0. The van der Waals surface area contributed by atoms with Crippen molar-refractivity contribution < 1.29 is 13.9 Å². The van der Waals surface area contributed by atoms with Crippen LogP contribution in [0.5, 0.6) is 5.75 Å². The van der Waals surface area contributed by atoms with Crippen LogP contribution in [0.3, 0.4) is 0 Å². The molecule has 0 saturated heterocycles. The lowest BCUT2D eigenvalue weighted by Gasteiger charge is -2.28. The molecule has 0 N–H and O–H groups in total. The van der Waals surface area contributed by atoms with E-state index in [0.717, 1.165) is 31.9 Å². The summed E-state index contributed by atoms with van der Waals surface area (Å²) >= 11 is 3.13. The molecule has 1 aliphatic rings. The minimum absolute atomic E-state index is 0.289. The first kappa shape index (κ1) is 17.6. The summed E-state index contributed by atoms with van der Waals surface area (Å²) in [6.07, 6.45) is 1.07. The van der Waals surface area contributed by atoms with Crippen molar-refractivity contribution in [2.24, 2.45) is 0 Å². The predicted molar refractivity (Wildman–Crippen MR) is 108 cm³/mol. The number of benzene rings is 2. The monoisotopic (exact) mass is 410 g/mol. The molecule has 0 amide bonds. The number of ether oxygens (including phenoxy) is 2. The van der Waals surface area contributed by atoms with E-state index in [9.17, 15) is 4.39 Å². The summed E-state index contributed by atoms with van der Waals surface area (Å²) < 4.78 is 26.1. The van der Waals surface area contributed by atoms with Gasteiger partial charge in [-0.25, -0.2) is 14.4 Å². The van der Waals surface area contributed by atoms with Gasteiger partial charge in [0, 0.05) is 27.8 Å². The van der Waals surface area contributed by atoms with Crippen LogP contribution in [0.25, 0.3) is 10.2 Å². The Morgan fingerprint density at radius 1 is 1.14 bits per heavy atom. The molecule has 28 heavy (non-hydrogen) atoms. The smallest absolute Gasteiger partial charge is 0.227 e. The van der Waals surface area contributed by atoms with Crippen LogP contribution in [0.1, 0.15) is 23.0 Å². The topological polar surface area (TPSA) is 44.2 Å². The van der Waals surface area contributed by atoms with Crippen LogP contribution in [0.4, 0.5) is 4.39 Å². The molecule has 140 valence electrons. The molecule has 4 nitrogen and oxygen atoms in total. The van der Waals surface area contributed by atoms with E-state index in [-0.39, 0.29) is 5.82 Å². The Morgan fingerprint density at radius 2 is 2.04 bits per heavy atom. The number of hydrogen-bond acceptors (Lipinski definition) is 6. The summed E-state index contributed by atoms with van der Waals surface area (Å²) in [6.45, 7) is 0.312. The Bertz CT molecular complexity index is 1130. The summed E-state index contributed by atoms with van der Waals surface area (Å²) in [6, 6.07) is 14.8. The van der Waals surface area contributed by atoms with E-state index in [4.69, 9.17) is 9.47 Å². The van der Waals surface area contributed by atoms with Gasteiger partial charge in [-0.2, -0.15) is 0 Å². The molecule has 7 heteroatoms. The SMILES string of the molecule is Fc1cc2c(c(CSc3ncnc4sccc34)c1)O[C@H](c1ccccc1)OC2. The fourth-order valence-electron chi connectivity index (χ4n) is 3.19. The van der Waals surface area contributed by atoms with Crippen molar-refractivity contribution in [2.45, 2.75) is 23.7 Å². The van der Waals surface area contributed by atoms with Crippen molar-refractivity contribution >= 4 is 33.3 Å². The van der Waals surface area contributed by atoms with Crippen LogP contribution in [0, 0.1) is 5.82 Å². The first-order valence-corrected chi connectivity index (χ1v) is 10.6. The molecule has 0 fully saturated rings. The molecule has 0 unspecified atom stereocenters. The van der Waals surface area contributed by atoms with E-state index >= 15 is 0 Å². The first-order valence-electron chi connectivity index (χ1n) is 8.73. The molecule has 0 radical (unpaired) electrons. The molecule has 2 aromatic heterocycles. The fourth-order valence-corrected chi connectivity index (χ4v) is 4.93. The van der Waals surface area contributed by atoms with Gasteiger partial charge in [0.05, 0.1) is 6.61 Å². The van der Waals surface area contributed by atoms with Crippen molar-refractivity contribution in [1.82, 2.24) is 9.97 Å². The second kappa shape index (κ2) is 7.50. The maximum atomic E-state index is 14.2. The van der Waals surface area contributed by atoms with Gasteiger partial charge in [0.15, 0.2) is 0 Å². The molecular formula is C21H15FN2O2S2. The number of halogens is 1. The van der Waals surface area contributed by atoms with Crippen molar-refractivity contribution in [1.29, 1.82) is 0 Å². The Balaban J connectivity index is 1.44. The molecular weight excluding hydrogens is 395 g/mol. The third-order valence-corrected chi connectivity index (χ3v) is 6.36. The highest BCUT2D eigenvalue weighted by Crippen LogP contribution is 2.39. The highest BCUT2D eigenvalue weighted by Gasteiger charge is 2.25. The second-order valence-electron chi connectivity index (χ2n) is 6.33. The number of fused-ring (bicyclic) bond motifs is 2. The molecule has 0 bridgehead atoms. The number of hydrogen-bond donors (Lipinski definition) is 0. The quantitative estimate of drug-likeness (QED) is 0.317. The van der Waals surface area contributed by atoms with Crippen LogP contribution in [-0.4, -0.2) is 9.97 Å². The van der Waals surface area contributed by atoms with Gasteiger partial charge in [0.25, 0.3) is 0 Å². The zero-order valence-corrected chi connectivity index (χ0v) is 16.3. The fraction of sp³-hybridized carbons (Fsp3) is 0.143. The van der Waals surface area contributed by atoms with E-state index < -0.39 is 6.29 Å². The zero-order chi connectivity index (χ0) is 18.9. The van der Waals surface area contributed by atoms with Crippen LogP contribution in [-0.2, 0) is 17.1 Å². The lowest BCUT2D eigenvalue weighted by Crippen LogP contribution is -2.19. The van der Waals surface area contributed by atoms with Crippen LogP contribution in [0.15, 0.2) is 65.3 Å². The van der Waals surface area contributed by atoms with Crippen molar-refractivity contribution in [3.63, 3.8) is 0 Å². The van der Waals surface area contributed by atoms with Crippen molar-refractivity contribution in [3.8, 4) is 5.75 Å². The van der Waals surface area contributed by atoms with E-state index in [1.54, 1.807) is 29.4 Å². The molecule has 1 atom stereocenters. The average molecular weight is 410 g/mol. The highest BCUT2D eigenvalue weighted by atomic mass is 32.2. The van der Waals surface area contributed by atoms with Gasteiger partial charge in [-0.05, 0) is 23.6 Å². The molecule has 4 aromatic rings. The van der Waals surface area contributed by atoms with E-state index in [2.05, 4.69) is 9.97 Å². The van der Waals surface area contributed by atoms with Gasteiger partial charge >= 0.3 is 0 Å². The van der Waals surface area contributed by atoms with Gasteiger partial charge < -0.3 is 9.47 Å². The van der Waals surface area contributed by atoms with Gasteiger partial charge in [0.2, 0.25) is 6.29 Å². The van der Waals surface area contributed by atoms with Gasteiger partial charge in [-0.1, -0.05) is 30.3 Å². The maximum Gasteiger partial charge on any atom is 0.227 e. The maximum absolute atomic E-state index is 14.2.